The van der Waals surface area contributed by atoms with Crippen molar-refractivity contribution in [1.82, 2.24) is 25.1 Å². The maximum absolute atomic E-state index is 4.58. The Kier molecular flexibility index (Phi) is 5.95. The second kappa shape index (κ2) is 8.62. The van der Waals surface area contributed by atoms with Gasteiger partial charge in [0.2, 0.25) is 0 Å². The van der Waals surface area contributed by atoms with E-state index in [2.05, 4.69) is 72.1 Å². The number of likely N-dealkylation sites (tertiary alicyclic amines) is 1. The minimum Gasteiger partial charge on any atom is -0.290 e. The van der Waals surface area contributed by atoms with Crippen LogP contribution in [-0.2, 0) is 0 Å². The Balaban J connectivity index is 1.76. The second-order valence-electron chi connectivity index (χ2n) is 8.79. The molecule has 0 N–H and O–H groups in total. The Morgan fingerprint density at radius 2 is 1.86 bits per heavy atom. The fraction of sp³-hybridized carbons (Fsp3) is 0.542. The average Bonchev–Trinajstić information content (AvgIpc) is 3.18. The standard InChI is InChI=1S/C24H33N5/c1-17(2)20-11-13-21(14-12-20)23(28-15-6-5-7-16-28)24-25-26-27-29(24)22-18(3)9-8-10-19(22)4/h8-10,13,20,23H,1,5-7,11-12,14-16H2,2-4H3/t20-,23?/m1/s1. The van der Waals surface area contributed by atoms with Gasteiger partial charge >= 0.3 is 0 Å². The molecule has 0 bridgehead atoms. The van der Waals surface area contributed by atoms with E-state index in [-0.39, 0.29) is 6.04 Å². The molecule has 1 unspecified atom stereocenters. The Hall–Kier alpha value is -2.27. The van der Waals surface area contributed by atoms with Crippen LogP contribution in [0.1, 0.15) is 68.4 Å². The van der Waals surface area contributed by atoms with Crippen molar-refractivity contribution in [2.75, 3.05) is 13.1 Å². The van der Waals surface area contributed by atoms with Crippen molar-refractivity contribution >= 4 is 0 Å². The minimum absolute atomic E-state index is 0.162. The summed E-state index contributed by atoms with van der Waals surface area (Å²) in [5.41, 5.74) is 6.31. The molecule has 2 heterocycles. The van der Waals surface area contributed by atoms with Crippen LogP contribution in [0.15, 0.2) is 42.0 Å². The van der Waals surface area contributed by atoms with Crippen molar-refractivity contribution < 1.29 is 0 Å². The molecule has 154 valence electrons. The van der Waals surface area contributed by atoms with Gasteiger partial charge in [0, 0.05) is 0 Å². The number of para-hydroxylation sites is 1. The molecule has 1 aliphatic carbocycles. The molecule has 5 heteroatoms. The summed E-state index contributed by atoms with van der Waals surface area (Å²) in [5, 5.41) is 13.2. The number of tetrazole rings is 1. The van der Waals surface area contributed by atoms with Crippen molar-refractivity contribution in [3.8, 4) is 5.69 Å². The van der Waals surface area contributed by atoms with E-state index >= 15 is 0 Å². The molecule has 0 radical (unpaired) electrons. The fourth-order valence-electron chi connectivity index (χ4n) is 4.95. The van der Waals surface area contributed by atoms with E-state index in [0.717, 1.165) is 37.4 Å². The Morgan fingerprint density at radius 1 is 1.14 bits per heavy atom. The molecule has 1 aromatic heterocycles. The number of piperidine rings is 1. The van der Waals surface area contributed by atoms with Gasteiger partial charge in [-0.15, -0.1) is 5.10 Å². The van der Waals surface area contributed by atoms with Crippen molar-refractivity contribution in [3.63, 3.8) is 0 Å². The Morgan fingerprint density at radius 3 is 2.48 bits per heavy atom. The molecule has 1 fully saturated rings. The summed E-state index contributed by atoms with van der Waals surface area (Å²) in [7, 11) is 0. The van der Waals surface area contributed by atoms with Gasteiger partial charge in [-0.1, -0.05) is 42.8 Å². The lowest BCUT2D eigenvalue weighted by atomic mass is 9.82. The summed E-state index contributed by atoms with van der Waals surface area (Å²) < 4.78 is 2.00. The lowest BCUT2D eigenvalue weighted by Gasteiger charge is -2.37. The number of nitrogens with zero attached hydrogens (tertiary/aromatic N) is 5. The number of allylic oxidation sites excluding steroid dienone is 2. The second-order valence-corrected chi connectivity index (χ2v) is 8.79. The zero-order chi connectivity index (χ0) is 20.4. The van der Waals surface area contributed by atoms with E-state index < -0.39 is 0 Å². The van der Waals surface area contributed by atoms with Crippen molar-refractivity contribution in [2.24, 2.45) is 5.92 Å². The van der Waals surface area contributed by atoms with E-state index in [0.29, 0.717) is 5.92 Å². The molecule has 2 aromatic rings. The van der Waals surface area contributed by atoms with E-state index in [1.165, 1.54) is 48.0 Å². The van der Waals surface area contributed by atoms with Gasteiger partial charge in [-0.2, -0.15) is 4.68 Å². The van der Waals surface area contributed by atoms with E-state index in [1.807, 2.05) is 4.68 Å². The molecular weight excluding hydrogens is 358 g/mol. The summed E-state index contributed by atoms with van der Waals surface area (Å²) in [5.74, 6) is 1.57. The van der Waals surface area contributed by atoms with Gasteiger partial charge < -0.3 is 0 Å². The zero-order valence-corrected chi connectivity index (χ0v) is 18.1. The maximum atomic E-state index is 4.58. The van der Waals surface area contributed by atoms with Gasteiger partial charge in [0.15, 0.2) is 5.82 Å². The average molecular weight is 392 g/mol. The highest BCUT2D eigenvalue weighted by atomic mass is 15.6. The molecule has 1 aliphatic heterocycles. The summed E-state index contributed by atoms with van der Waals surface area (Å²) in [6.07, 6.45) is 9.63. The molecule has 5 nitrogen and oxygen atoms in total. The SMILES string of the molecule is C=C(C)[C@@H]1CC=C(C(c2nnnn2-c2c(C)cccc2C)N2CCCCC2)CC1. The topological polar surface area (TPSA) is 46.8 Å². The van der Waals surface area contributed by atoms with Crippen LogP contribution >= 0.6 is 0 Å². The van der Waals surface area contributed by atoms with Crippen molar-refractivity contribution in [3.05, 3.63) is 59.0 Å². The monoisotopic (exact) mass is 391 g/mol. The molecule has 4 rings (SSSR count). The largest absolute Gasteiger partial charge is 0.290 e. The van der Waals surface area contributed by atoms with Crippen LogP contribution in [-0.4, -0.2) is 38.2 Å². The number of aromatic nitrogens is 4. The highest BCUT2D eigenvalue weighted by molar-refractivity contribution is 5.47. The highest BCUT2D eigenvalue weighted by Gasteiger charge is 2.33. The lowest BCUT2D eigenvalue weighted by molar-refractivity contribution is 0.172. The molecule has 2 atom stereocenters. The number of hydrogen-bond acceptors (Lipinski definition) is 4. The summed E-state index contributed by atoms with van der Waals surface area (Å²) in [4.78, 5) is 2.60. The molecule has 1 aromatic carbocycles. The molecule has 0 amide bonds. The summed E-state index contributed by atoms with van der Waals surface area (Å²) in [6.45, 7) is 12.9. The molecular formula is C24H33N5. The van der Waals surface area contributed by atoms with Crippen molar-refractivity contribution in [1.29, 1.82) is 0 Å². The summed E-state index contributed by atoms with van der Waals surface area (Å²) in [6, 6.07) is 6.54. The maximum Gasteiger partial charge on any atom is 0.177 e. The van der Waals surface area contributed by atoms with Crippen LogP contribution in [0.4, 0.5) is 0 Å². The van der Waals surface area contributed by atoms with Gasteiger partial charge in [0.25, 0.3) is 0 Å². The molecule has 2 aliphatic rings. The lowest BCUT2D eigenvalue weighted by Crippen LogP contribution is -2.37. The molecule has 29 heavy (non-hydrogen) atoms. The first kappa shape index (κ1) is 20.0. The van der Waals surface area contributed by atoms with E-state index in [4.69, 9.17) is 0 Å². The van der Waals surface area contributed by atoms with Crippen molar-refractivity contribution in [2.45, 2.75) is 65.3 Å². The normalized spacial score (nSPS) is 21.6. The fourth-order valence-corrected chi connectivity index (χ4v) is 4.95. The van der Waals surface area contributed by atoms with Crippen LogP contribution in [0.5, 0.6) is 0 Å². The van der Waals surface area contributed by atoms with Gasteiger partial charge in [-0.3, -0.25) is 4.90 Å². The van der Waals surface area contributed by atoms with Crippen LogP contribution < -0.4 is 0 Å². The predicted octanol–water partition coefficient (Wildman–Crippen LogP) is 5.11. The molecule has 1 saturated heterocycles. The number of hydrogen-bond donors (Lipinski definition) is 0. The van der Waals surface area contributed by atoms with Gasteiger partial charge in [-0.25, -0.2) is 0 Å². The first-order valence-electron chi connectivity index (χ1n) is 11.0. The van der Waals surface area contributed by atoms with Crippen LogP contribution in [0.3, 0.4) is 0 Å². The molecule has 0 spiro atoms. The third-order valence-electron chi connectivity index (χ3n) is 6.64. The minimum atomic E-state index is 0.162. The number of rotatable bonds is 5. The first-order valence-corrected chi connectivity index (χ1v) is 11.0. The molecule has 0 saturated carbocycles. The third-order valence-corrected chi connectivity index (χ3v) is 6.64. The Labute approximate surface area is 174 Å². The van der Waals surface area contributed by atoms with Crippen LogP contribution in [0.25, 0.3) is 5.69 Å². The quantitative estimate of drug-likeness (QED) is 0.665. The predicted molar refractivity (Wildman–Crippen MR) is 117 cm³/mol. The van der Waals surface area contributed by atoms with Gasteiger partial charge in [0.05, 0.1) is 11.7 Å². The Bertz CT molecular complexity index is 883. The van der Waals surface area contributed by atoms with Gasteiger partial charge in [0.1, 0.15) is 0 Å². The van der Waals surface area contributed by atoms with Crippen LogP contribution in [0, 0.1) is 19.8 Å². The first-order chi connectivity index (χ1) is 14.1. The van der Waals surface area contributed by atoms with E-state index in [9.17, 15) is 0 Å². The number of aryl methyl sites for hydroxylation is 2. The zero-order valence-electron chi connectivity index (χ0n) is 18.1. The highest BCUT2D eigenvalue weighted by Crippen LogP contribution is 2.39. The smallest absolute Gasteiger partial charge is 0.177 e. The van der Waals surface area contributed by atoms with Gasteiger partial charge in [-0.05, 0) is 99.0 Å². The third kappa shape index (κ3) is 4.06. The van der Waals surface area contributed by atoms with Crippen LogP contribution in [0.2, 0.25) is 0 Å². The summed E-state index contributed by atoms with van der Waals surface area (Å²) >= 11 is 0. The number of benzene rings is 1. The van der Waals surface area contributed by atoms with E-state index in [1.54, 1.807) is 0 Å².